The fourth-order valence-electron chi connectivity index (χ4n) is 3.20. The van der Waals surface area contributed by atoms with Crippen molar-refractivity contribution in [1.29, 1.82) is 0 Å². The van der Waals surface area contributed by atoms with E-state index in [0.29, 0.717) is 6.04 Å². The lowest BCUT2D eigenvalue weighted by atomic mass is 9.82. The molecule has 1 aliphatic carbocycles. The molecule has 0 spiro atoms. The molecule has 0 aliphatic heterocycles. The zero-order valence-corrected chi connectivity index (χ0v) is 11.8. The standard InChI is InChI=1S/C20H17N/c1-2-9-16(10-3-1)21-20-14-15-8-4-5-11-17(15)18-12-6-7-13-19(18)20/h1-13,20-21H,14H2. The first-order valence-corrected chi connectivity index (χ1v) is 7.40. The molecule has 3 aromatic carbocycles. The number of fused-ring (bicyclic) bond motifs is 3. The summed E-state index contributed by atoms with van der Waals surface area (Å²) in [6.45, 7) is 0. The summed E-state index contributed by atoms with van der Waals surface area (Å²) < 4.78 is 0. The van der Waals surface area contributed by atoms with Gasteiger partial charge in [0.1, 0.15) is 0 Å². The molecule has 0 saturated heterocycles. The van der Waals surface area contributed by atoms with Gasteiger partial charge in [-0.25, -0.2) is 0 Å². The van der Waals surface area contributed by atoms with Crippen molar-refractivity contribution in [2.45, 2.75) is 12.5 Å². The van der Waals surface area contributed by atoms with Gasteiger partial charge in [-0.1, -0.05) is 66.7 Å². The van der Waals surface area contributed by atoms with Crippen molar-refractivity contribution >= 4 is 5.69 Å². The fourth-order valence-corrected chi connectivity index (χ4v) is 3.20. The molecule has 0 fully saturated rings. The maximum atomic E-state index is 3.68. The molecule has 0 bridgehead atoms. The molecular formula is C20H17N. The van der Waals surface area contributed by atoms with Crippen LogP contribution in [0.5, 0.6) is 0 Å². The molecule has 21 heavy (non-hydrogen) atoms. The van der Waals surface area contributed by atoms with E-state index >= 15 is 0 Å². The first kappa shape index (κ1) is 12.2. The van der Waals surface area contributed by atoms with Crippen LogP contribution in [0.1, 0.15) is 17.2 Å². The smallest absolute Gasteiger partial charge is 0.0560 e. The van der Waals surface area contributed by atoms with Crippen molar-refractivity contribution < 1.29 is 0 Å². The highest BCUT2D eigenvalue weighted by Crippen LogP contribution is 2.39. The molecule has 102 valence electrons. The van der Waals surface area contributed by atoms with E-state index in [0.717, 1.165) is 6.42 Å². The summed E-state index contributed by atoms with van der Waals surface area (Å²) in [6, 6.07) is 28.2. The minimum atomic E-state index is 0.332. The third kappa shape index (κ3) is 2.21. The van der Waals surface area contributed by atoms with Crippen LogP contribution >= 0.6 is 0 Å². The van der Waals surface area contributed by atoms with E-state index < -0.39 is 0 Å². The Hall–Kier alpha value is -2.54. The van der Waals surface area contributed by atoms with Crippen LogP contribution in [-0.2, 0) is 6.42 Å². The number of hydrogen-bond acceptors (Lipinski definition) is 1. The molecule has 0 aromatic heterocycles. The molecule has 0 amide bonds. The van der Waals surface area contributed by atoms with Gasteiger partial charge in [0.05, 0.1) is 6.04 Å². The summed E-state index contributed by atoms with van der Waals surface area (Å²) in [5.41, 5.74) is 6.72. The Kier molecular flexibility index (Phi) is 2.97. The molecule has 1 nitrogen and oxygen atoms in total. The highest BCUT2D eigenvalue weighted by molar-refractivity contribution is 5.74. The summed E-state index contributed by atoms with van der Waals surface area (Å²) in [7, 11) is 0. The Morgan fingerprint density at radius 3 is 2.19 bits per heavy atom. The van der Waals surface area contributed by atoms with Crippen LogP contribution in [0.25, 0.3) is 11.1 Å². The molecule has 4 rings (SSSR count). The van der Waals surface area contributed by atoms with Crippen LogP contribution in [-0.4, -0.2) is 0 Å². The number of nitrogens with one attached hydrogen (secondary N) is 1. The van der Waals surface area contributed by atoms with Crippen LogP contribution in [0.4, 0.5) is 5.69 Å². The maximum Gasteiger partial charge on any atom is 0.0560 e. The van der Waals surface area contributed by atoms with E-state index in [-0.39, 0.29) is 0 Å². The number of hydrogen-bond donors (Lipinski definition) is 1. The van der Waals surface area contributed by atoms with E-state index in [1.54, 1.807) is 0 Å². The van der Waals surface area contributed by atoms with Gasteiger partial charge in [-0.05, 0) is 40.8 Å². The number of rotatable bonds is 2. The van der Waals surface area contributed by atoms with Gasteiger partial charge < -0.3 is 5.32 Å². The van der Waals surface area contributed by atoms with Gasteiger partial charge >= 0.3 is 0 Å². The second-order valence-corrected chi connectivity index (χ2v) is 5.51. The molecule has 1 heteroatoms. The Labute approximate surface area is 125 Å². The minimum absolute atomic E-state index is 0.332. The lowest BCUT2D eigenvalue weighted by molar-refractivity contribution is 0.765. The normalized spacial score (nSPS) is 15.9. The average Bonchev–Trinajstić information content (AvgIpc) is 2.56. The first-order chi connectivity index (χ1) is 10.4. The molecular weight excluding hydrogens is 254 g/mol. The van der Waals surface area contributed by atoms with Crippen LogP contribution in [0.15, 0.2) is 78.9 Å². The summed E-state index contributed by atoms with van der Waals surface area (Å²) in [5, 5.41) is 3.68. The summed E-state index contributed by atoms with van der Waals surface area (Å²) in [4.78, 5) is 0. The van der Waals surface area contributed by atoms with Gasteiger partial charge in [0.15, 0.2) is 0 Å². The predicted molar refractivity (Wildman–Crippen MR) is 88.4 cm³/mol. The molecule has 0 radical (unpaired) electrons. The summed E-state index contributed by atoms with van der Waals surface area (Å²) in [5.74, 6) is 0. The van der Waals surface area contributed by atoms with Crippen LogP contribution in [0, 0.1) is 0 Å². The molecule has 1 unspecified atom stereocenters. The van der Waals surface area contributed by atoms with Gasteiger partial charge in [0.25, 0.3) is 0 Å². The Bertz CT molecular complexity index is 760. The van der Waals surface area contributed by atoms with Crippen molar-refractivity contribution in [1.82, 2.24) is 0 Å². The van der Waals surface area contributed by atoms with Crippen molar-refractivity contribution in [3.8, 4) is 11.1 Å². The molecule has 1 atom stereocenters. The number of anilines is 1. The second kappa shape index (κ2) is 5.10. The van der Waals surface area contributed by atoms with Crippen molar-refractivity contribution in [3.05, 3.63) is 90.0 Å². The van der Waals surface area contributed by atoms with E-state index in [4.69, 9.17) is 0 Å². The van der Waals surface area contributed by atoms with Crippen LogP contribution in [0.2, 0.25) is 0 Å². The van der Waals surface area contributed by atoms with E-state index in [9.17, 15) is 0 Å². The van der Waals surface area contributed by atoms with E-state index in [1.165, 1.54) is 27.9 Å². The highest BCUT2D eigenvalue weighted by Gasteiger charge is 2.23. The first-order valence-electron chi connectivity index (χ1n) is 7.40. The molecule has 0 saturated carbocycles. The van der Waals surface area contributed by atoms with Crippen molar-refractivity contribution in [2.75, 3.05) is 5.32 Å². The topological polar surface area (TPSA) is 12.0 Å². The van der Waals surface area contributed by atoms with Crippen molar-refractivity contribution in [3.63, 3.8) is 0 Å². The maximum absolute atomic E-state index is 3.68. The monoisotopic (exact) mass is 271 g/mol. The zero-order valence-electron chi connectivity index (χ0n) is 11.8. The third-order valence-electron chi connectivity index (χ3n) is 4.18. The summed E-state index contributed by atoms with van der Waals surface area (Å²) >= 11 is 0. The Morgan fingerprint density at radius 2 is 1.33 bits per heavy atom. The summed E-state index contributed by atoms with van der Waals surface area (Å²) in [6.07, 6.45) is 1.03. The van der Waals surface area contributed by atoms with Gasteiger partial charge in [-0.15, -0.1) is 0 Å². The molecule has 1 aliphatic rings. The van der Waals surface area contributed by atoms with Gasteiger partial charge in [0.2, 0.25) is 0 Å². The SMILES string of the molecule is c1ccc(NC2Cc3ccccc3-c3ccccc32)cc1. The van der Waals surface area contributed by atoms with Crippen molar-refractivity contribution in [2.24, 2.45) is 0 Å². The van der Waals surface area contributed by atoms with Crippen LogP contribution < -0.4 is 5.32 Å². The van der Waals surface area contributed by atoms with Gasteiger partial charge in [-0.3, -0.25) is 0 Å². The largest absolute Gasteiger partial charge is 0.378 e. The highest BCUT2D eigenvalue weighted by atomic mass is 14.9. The molecule has 0 heterocycles. The lowest BCUT2D eigenvalue weighted by Gasteiger charge is -2.29. The Morgan fingerprint density at radius 1 is 0.667 bits per heavy atom. The van der Waals surface area contributed by atoms with Crippen LogP contribution in [0.3, 0.4) is 0 Å². The third-order valence-corrected chi connectivity index (χ3v) is 4.18. The number of benzene rings is 3. The van der Waals surface area contributed by atoms with E-state index in [2.05, 4.69) is 84.2 Å². The fraction of sp³-hybridized carbons (Fsp3) is 0.100. The van der Waals surface area contributed by atoms with Gasteiger partial charge in [0, 0.05) is 5.69 Å². The second-order valence-electron chi connectivity index (χ2n) is 5.51. The predicted octanol–water partition coefficient (Wildman–Crippen LogP) is 5.06. The zero-order chi connectivity index (χ0) is 14.1. The van der Waals surface area contributed by atoms with E-state index in [1.807, 2.05) is 0 Å². The molecule has 3 aromatic rings. The lowest BCUT2D eigenvalue weighted by Crippen LogP contribution is -2.18. The average molecular weight is 271 g/mol. The van der Waals surface area contributed by atoms with Gasteiger partial charge in [-0.2, -0.15) is 0 Å². The Balaban J connectivity index is 1.78. The number of para-hydroxylation sites is 1. The minimum Gasteiger partial charge on any atom is -0.378 e. The molecule has 1 N–H and O–H groups in total. The quantitative estimate of drug-likeness (QED) is 0.686.